The standard InChI is InChI=1S/C15H17F2N5O2/c1-10-6-20-15(21-7-10)23-9-11(18)8-22(19)12-3-2-4-13(5-12)24-14(16)17/h2-8,14H,9,18-19H2,1H3/b11-8-. The van der Waals surface area contributed by atoms with Gasteiger partial charge in [0.25, 0.3) is 0 Å². The van der Waals surface area contributed by atoms with Gasteiger partial charge in [-0.1, -0.05) is 6.07 Å². The summed E-state index contributed by atoms with van der Waals surface area (Å²) >= 11 is 0. The van der Waals surface area contributed by atoms with Gasteiger partial charge in [-0.2, -0.15) is 8.78 Å². The molecule has 1 heterocycles. The van der Waals surface area contributed by atoms with Gasteiger partial charge in [-0.15, -0.1) is 0 Å². The van der Waals surface area contributed by atoms with Crippen LogP contribution in [0.5, 0.6) is 11.8 Å². The van der Waals surface area contributed by atoms with Crippen LogP contribution < -0.4 is 26.1 Å². The second-order valence-corrected chi connectivity index (χ2v) is 4.82. The normalized spacial score (nSPS) is 11.5. The van der Waals surface area contributed by atoms with E-state index in [-0.39, 0.29) is 18.4 Å². The first kappa shape index (κ1) is 17.4. The van der Waals surface area contributed by atoms with E-state index in [2.05, 4.69) is 14.7 Å². The number of nitrogens with two attached hydrogens (primary N) is 2. The number of nitrogens with zero attached hydrogens (tertiary/aromatic N) is 3. The lowest BCUT2D eigenvalue weighted by Gasteiger charge is -2.16. The first-order valence-corrected chi connectivity index (χ1v) is 6.90. The predicted octanol–water partition coefficient (Wildman–Crippen LogP) is 1.95. The summed E-state index contributed by atoms with van der Waals surface area (Å²) in [6.07, 6.45) is 4.63. The average molecular weight is 337 g/mol. The number of rotatable bonds is 7. The van der Waals surface area contributed by atoms with E-state index >= 15 is 0 Å². The average Bonchev–Trinajstić information content (AvgIpc) is 2.54. The first-order chi connectivity index (χ1) is 11.4. The number of alkyl halides is 2. The van der Waals surface area contributed by atoms with E-state index < -0.39 is 6.61 Å². The molecule has 0 amide bonds. The molecule has 7 nitrogen and oxygen atoms in total. The third kappa shape index (κ3) is 5.36. The second kappa shape index (κ2) is 8.06. The predicted molar refractivity (Wildman–Crippen MR) is 84.3 cm³/mol. The van der Waals surface area contributed by atoms with Crippen molar-refractivity contribution in [1.82, 2.24) is 9.97 Å². The van der Waals surface area contributed by atoms with Crippen LogP contribution >= 0.6 is 0 Å². The van der Waals surface area contributed by atoms with Gasteiger partial charge in [0, 0.05) is 24.7 Å². The molecule has 2 rings (SSSR count). The Morgan fingerprint density at radius 3 is 2.71 bits per heavy atom. The fraction of sp³-hybridized carbons (Fsp3) is 0.200. The monoisotopic (exact) mass is 337 g/mol. The Morgan fingerprint density at radius 2 is 2.04 bits per heavy atom. The fourth-order valence-corrected chi connectivity index (χ4v) is 1.71. The smallest absolute Gasteiger partial charge is 0.387 e. The van der Waals surface area contributed by atoms with E-state index in [1.54, 1.807) is 18.5 Å². The lowest BCUT2D eigenvalue weighted by atomic mass is 10.3. The summed E-state index contributed by atoms with van der Waals surface area (Å²) in [7, 11) is 0. The quantitative estimate of drug-likeness (QED) is 0.588. The van der Waals surface area contributed by atoms with Crippen LogP contribution in [-0.2, 0) is 0 Å². The minimum Gasteiger partial charge on any atom is -0.457 e. The van der Waals surface area contributed by atoms with Crippen molar-refractivity contribution in [2.45, 2.75) is 13.5 Å². The van der Waals surface area contributed by atoms with Gasteiger partial charge in [-0.05, 0) is 24.6 Å². The van der Waals surface area contributed by atoms with Crippen LogP contribution in [-0.4, -0.2) is 23.2 Å². The van der Waals surface area contributed by atoms with Crippen LogP contribution in [0.3, 0.4) is 0 Å². The topological polar surface area (TPSA) is 99.5 Å². The van der Waals surface area contributed by atoms with Crippen molar-refractivity contribution in [3.63, 3.8) is 0 Å². The molecule has 0 aliphatic carbocycles. The lowest BCUT2D eigenvalue weighted by molar-refractivity contribution is -0.0498. The van der Waals surface area contributed by atoms with Crippen molar-refractivity contribution in [3.05, 3.63) is 54.1 Å². The van der Waals surface area contributed by atoms with E-state index in [9.17, 15) is 8.78 Å². The summed E-state index contributed by atoms with van der Waals surface area (Å²) in [5, 5.41) is 1.17. The Balaban J connectivity index is 1.97. The summed E-state index contributed by atoms with van der Waals surface area (Å²) < 4.78 is 34.1. The number of hydrazine groups is 1. The molecule has 0 aliphatic heterocycles. The Labute approximate surface area is 137 Å². The third-order valence-electron chi connectivity index (χ3n) is 2.77. The second-order valence-electron chi connectivity index (χ2n) is 4.82. The molecule has 1 aromatic heterocycles. The number of halogens is 2. The zero-order valence-corrected chi connectivity index (χ0v) is 12.9. The highest BCUT2D eigenvalue weighted by Crippen LogP contribution is 2.21. The highest BCUT2D eigenvalue weighted by Gasteiger charge is 2.07. The number of hydrogen-bond donors (Lipinski definition) is 2. The summed E-state index contributed by atoms with van der Waals surface area (Å²) in [5.41, 5.74) is 7.44. The fourth-order valence-electron chi connectivity index (χ4n) is 1.71. The van der Waals surface area contributed by atoms with Crippen molar-refractivity contribution < 1.29 is 18.3 Å². The molecular weight excluding hydrogens is 320 g/mol. The highest BCUT2D eigenvalue weighted by molar-refractivity contribution is 5.51. The Morgan fingerprint density at radius 1 is 1.33 bits per heavy atom. The van der Waals surface area contributed by atoms with Crippen LogP contribution in [0.4, 0.5) is 14.5 Å². The molecule has 0 saturated carbocycles. The first-order valence-electron chi connectivity index (χ1n) is 6.90. The van der Waals surface area contributed by atoms with Gasteiger partial charge in [-0.3, -0.25) is 5.01 Å². The lowest BCUT2D eigenvalue weighted by Crippen LogP contribution is -2.27. The number of benzene rings is 1. The van der Waals surface area contributed by atoms with Crippen molar-refractivity contribution in [2.24, 2.45) is 11.6 Å². The molecule has 0 aliphatic rings. The van der Waals surface area contributed by atoms with E-state index in [0.29, 0.717) is 11.4 Å². The Bertz CT molecular complexity index is 695. The van der Waals surface area contributed by atoms with Gasteiger partial charge < -0.3 is 15.2 Å². The number of aryl methyl sites for hydroxylation is 1. The number of hydrogen-bond acceptors (Lipinski definition) is 7. The minimum atomic E-state index is -2.91. The molecule has 1 aromatic carbocycles. The maximum absolute atomic E-state index is 12.2. The van der Waals surface area contributed by atoms with Crippen molar-refractivity contribution >= 4 is 5.69 Å². The van der Waals surface area contributed by atoms with Gasteiger partial charge in [0.1, 0.15) is 12.4 Å². The van der Waals surface area contributed by atoms with E-state index in [0.717, 1.165) is 5.56 Å². The van der Waals surface area contributed by atoms with Gasteiger partial charge in [0.2, 0.25) is 0 Å². The van der Waals surface area contributed by atoms with Crippen molar-refractivity contribution in [2.75, 3.05) is 11.6 Å². The molecule has 0 fully saturated rings. The summed E-state index contributed by atoms with van der Waals surface area (Å²) in [5.74, 6) is 5.83. The van der Waals surface area contributed by atoms with E-state index in [1.165, 1.54) is 29.4 Å². The van der Waals surface area contributed by atoms with Crippen LogP contribution in [0.25, 0.3) is 0 Å². The molecule has 2 aromatic rings. The highest BCUT2D eigenvalue weighted by atomic mass is 19.3. The van der Waals surface area contributed by atoms with Crippen molar-refractivity contribution in [3.8, 4) is 11.8 Å². The molecule has 0 bridgehead atoms. The third-order valence-corrected chi connectivity index (χ3v) is 2.77. The number of aromatic nitrogens is 2. The van der Waals surface area contributed by atoms with Gasteiger partial charge >= 0.3 is 12.6 Å². The molecule has 0 unspecified atom stereocenters. The van der Waals surface area contributed by atoms with Crippen molar-refractivity contribution in [1.29, 1.82) is 0 Å². The van der Waals surface area contributed by atoms with E-state index in [4.69, 9.17) is 16.3 Å². The van der Waals surface area contributed by atoms with Gasteiger partial charge in [0.15, 0.2) is 0 Å². The van der Waals surface area contributed by atoms with Crippen LogP contribution in [0.15, 0.2) is 48.6 Å². The van der Waals surface area contributed by atoms with Gasteiger partial charge in [-0.25, -0.2) is 15.8 Å². The molecule has 9 heteroatoms. The molecule has 0 saturated heterocycles. The Hall–Kier alpha value is -2.94. The van der Waals surface area contributed by atoms with Crippen LogP contribution in [0, 0.1) is 6.92 Å². The molecule has 0 atom stereocenters. The summed E-state index contributed by atoms with van der Waals surface area (Å²) in [4.78, 5) is 7.96. The Kier molecular flexibility index (Phi) is 5.85. The SMILES string of the molecule is Cc1cnc(OC/C(N)=C/N(N)c2cccc(OC(F)F)c2)nc1. The molecule has 0 radical (unpaired) electrons. The van der Waals surface area contributed by atoms with E-state index in [1.807, 2.05) is 6.92 Å². The zero-order valence-electron chi connectivity index (χ0n) is 12.9. The van der Waals surface area contributed by atoms with Gasteiger partial charge in [0.05, 0.1) is 11.4 Å². The summed E-state index contributed by atoms with van der Waals surface area (Å²) in [6, 6.07) is 6.10. The molecule has 24 heavy (non-hydrogen) atoms. The molecule has 128 valence electrons. The minimum absolute atomic E-state index is 0.00535. The van der Waals surface area contributed by atoms with Crippen LogP contribution in [0.2, 0.25) is 0 Å². The molecule has 4 N–H and O–H groups in total. The maximum Gasteiger partial charge on any atom is 0.387 e. The molecular formula is C15H17F2N5O2. The summed E-state index contributed by atoms with van der Waals surface area (Å²) in [6.45, 7) is -1.03. The molecule has 0 spiro atoms. The van der Waals surface area contributed by atoms with Crippen LogP contribution in [0.1, 0.15) is 5.56 Å². The number of anilines is 1. The zero-order chi connectivity index (χ0) is 17.5. The largest absolute Gasteiger partial charge is 0.457 e. The number of ether oxygens (including phenoxy) is 2. The maximum atomic E-state index is 12.2.